The number of carbonyl (C=O) groups excluding carboxylic acids is 1. The number of halogens is 1. The highest BCUT2D eigenvalue weighted by Gasteiger charge is 2.17. The molecule has 1 aromatic heterocycles. The lowest BCUT2D eigenvalue weighted by atomic mass is 10.2. The summed E-state index contributed by atoms with van der Waals surface area (Å²) in [6.45, 7) is 4.78. The second kappa shape index (κ2) is 10.4. The van der Waals surface area contributed by atoms with Crippen LogP contribution in [-0.4, -0.2) is 47.9 Å². The van der Waals surface area contributed by atoms with E-state index < -0.39 is 0 Å². The minimum Gasteiger partial charge on any atom is -0.439 e. The number of guanidine groups is 1. The molecule has 8 heteroatoms. The molecule has 2 heterocycles. The number of nitrogens with zero attached hydrogens (tertiary/aromatic N) is 3. The van der Waals surface area contributed by atoms with E-state index in [2.05, 4.69) is 20.6 Å². The highest BCUT2D eigenvalue weighted by Crippen LogP contribution is 2.23. The second-order valence-corrected chi connectivity index (χ2v) is 6.66. The number of hydrogen-bond donors (Lipinski definition) is 2. The molecular formula is C21H26FN5O2. The number of ether oxygens (including phenoxy) is 1. The van der Waals surface area contributed by atoms with E-state index in [-0.39, 0.29) is 18.3 Å². The van der Waals surface area contributed by atoms with Crippen LogP contribution in [0.2, 0.25) is 0 Å². The number of rotatable bonds is 7. The number of aromatic nitrogens is 1. The van der Waals surface area contributed by atoms with Crippen molar-refractivity contribution in [2.75, 3.05) is 26.2 Å². The molecule has 0 radical (unpaired) electrons. The van der Waals surface area contributed by atoms with E-state index in [1.807, 2.05) is 17.9 Å². The summed E-state index contributed by atoms with van der Waals surface area (Å²) in [5, 5.41) is 6.21. The molecule has 2 N–H and O–H groups in total. The fourth-order valence-electron chi connectivity index (χ4n) is 3.02. The Morgan fingerprint density at radius 2 is 2.07 bits per heavy atom. The van der Waals surface area contributed by atoms with Crippen molar-refractivity contribution in [3.05, 3.63) is 54.0 Å². The third kappa shape index (κ3) is 6.17. The van der Waals surface area contributed by atoms with E-state index in [0.717, 1.165) is 31.5 Å². The van der Waals surface area contributed by atoms with Gasteiger partial charge in [0.25, 0.3) is 0 Å². The molecule has 7 nitrogen and oxygen atoms in total. The van der Waals surface area contributed by atoms with Gasteiger partial charge in [-0.1, -0.05) is 12.1 Å². The summed E-state index contributed by atoms with van der Waals surface area (Å²) in [6.07, 6.45) is 3.74. The van der Waals surface area contributed by atoms with Gasteiger partial charge in [-0.05, 0) is 38.0 Å². The molecule has 1 saturated heterocycles. The van der Waals surface area contributed by atoms with E-state index in [4.69, 9.17) is 4.74 Å². The number of amides is 1. The van der Waals surface area contributed by atoms with Crippen LogP contribution in [0.25, 0.3) is 0 Å². The van der Waals surface area contributed by atoms with Crippen LogP contribution in [0.5, 0.6) is 11.6 Å². The van der Waals surface area contributed by atoms with Crippen LogP contribution < -0.4 is 15.4 Å². The van der Waals surface area contributed by atoms with Crippen LogP contribution in [0.15, 0.2) is 47.6 Å². The van der Waals surface area contributed by atoms with Crippen molar-refractivity contribution in [2.24, 2.45) is 4.99 Å². The third-order valence-corrected chi connectivity index (χ3v) is 4.48. The maximum atomic E-state index is 13.4. The molecule has 29 heavy (non-hydrogen) atoms. The van der Waals surface area contributed by atoms with Crippen molar-refractivity contribution < 1.29 is 13.9 Å². The Balaban J connectivity index is 1.64. The van der Waals surface area contributed by atoms with Crippen LogP contribution in [0.3, 0.4) is 0 Å². The van der Waals surface area contributed by atoms with Crippen LogP contribution in [0.1, 0.15) is 25.3 Å². The predicted octanol–water partition coefficient (Wildman–Crippen LogP) is 2.69. The number of likely N-dealkylation sites (tertiary alicyclic amines) is 1. The lowest BCUT2D eigenvalue weighted by molar-refractivity contribution is -0.128. The first-order valence-corrected chi connectivity index (χ1v) is 9.83. The molecule has 1 fully saturated rings. The monoisotopic (exact) mass is 399 g/mol. The van der Waals surface area contributed by atoms with Crippen LogP contribution in [0.4, 0.5) is 4.39 Å². The van der Waals surface area contributed by atoms with Gasteiger partial charge in [0, 0.05) is 37.5 Å². The summed E-state index contributed by atoms with van der Waals surface area (Å²) in [5.74, 6) is 0.977. The molecule has 3 rings (SSSR count). The largest absolute Gasteiger partial charge is 0.439 e. The summed E-state index contributed by atoms with van der Waals surface area (Å²) in [7, 11) is 0. The Hall–Kier alpha value is -3.16. The first-order valence-electron chi connectivity index (χ1n) is 9.83. The number of aliphatic imine (C=N–C) groups is 1. The maximum Gasteiger partial charge on any atom is 0.241 e. The molecule has 0 spiro atoms. The van der Waals surface area contributed by atoms with Crippen molar-refractivity contribution in [2.45, 2.75) is 26.3 Å². The fourth-order valence-corrected chi connectivity index (χ4v) is 3.02. The van der Waals surface area contributed by atoms with Crippen molar-refractivity contribution in [3.63, 3.8) is 0 Å². The van der Waals surface area contributed by atoms with Crippen LogP contribution >= 0.6 is 0 Å². The number of nitrogens with one attached hydrogen (secondary N) is 2. The lowest BCUT2D eigenvalue weighted by Gasteiger charge is -2.17. The van der Waals surface area contributed by atoms with Gasteiger partial charge in [0.1, 0.15) is 11.6 Å². The van der Waals surface area contributed by atoms with Crippen molar-refractivity contribution >= 4 is 11.9 Å². The van der Waals surface area contributed by atoms with Crippen molar-refractivity contribution in [1.82, 2.24) is 20.5 Å². The summed E-state index contributed by atoms with van der Waals surface area (Å²) < 4.78 is 19.1. The van der Waals surface area contributed by atoms with Crippen molar-refractivity contribution in [1.29, 1.82) is 0 Å². The van der Waals surface area contributed by atoms with Gasteiger partial charge in [-0.2, -0.15) is 0 Å². The average Bonchev–Trinajstić information content (AvgIpc) is 3.26. The van der Waals surface area contributed by atoms with Crippen LogP contribution in [0, 0.1) is 5.82 Å². The summed E-state index contributed by atoms with van der Waals surface area (Å²) in [5.41, 5.74) is 0.750. The van der Waals surface area contributed by atoms with Gasteiger partial charge in [0.05, 0.1) is 13.1 Å². The highest BCUT2D eigenvalue weighted by atomic mass is 19.1. The Morgan fingerprint density at radius 1 is 1.24 bits per heavy atom. The molecule has 0 atom stereocenters. The number of carbonyl (C=O) groups is 1. The molecule has 0 unspecified atom stereocenters. The molecule has 1 aliphatic heterocycles. The smallest absolute Gasteiger partial charge is 0.241 e. The zero-order valence-electron chi connectivity index (χ0n) is 16.5. The van der Waals surface area contributed by atoms with Gasteiger partial charge in [-0.15, -0.1) is 0 Å². The van der Waals surface area contributed by atoms with Gasteiger partial charge >= 0.3 is 0 Å². The number of pyridine rings is 1. The topological polar surface area (TPSA) is 78.9 Å². The first kappa shape index (κ1) is 20.6. The Bertz CT molecular complexity index is 852. The zero-order valence-corrected chi connectivity index (χ0v) is 16.5. The van der Waals surface area contributed by atoms with E-state index in [0.29, 0.717) is 30.7 Å². The minimum absolute atomic E-state index is 0.0737. The Morgan fingerprint density at radius 3 is 2.83 bits per heavy atom. The van der Waals surface area contributed by atoms with Crippen LogP contribution in [-0.2, 0) is 11.3 Å². The average molecular weight is 399 g/mol. The molecule has 154 valence electrons. The Labute approximate surface area is 170 Å². The quantitative estimate of drug-likeness (QED) is 0.553. The van der Waals surface area contributed by atoms with E-state index >= 15 is 0 Å². The molecule has 1 aromatic carbocycles. The van der Waals surface area contributed by atoms with E-state index in [1.165, 1.54) is 12.1 Å². The molecule has 0 aliphatic carbocycles. The van der Waals surface area contributed by atoms with Gasteiger partial charge in [0.15, 0.2) is 5.96 Å². The molecule has 0 saturated carbocycles. The number of benzene rings is 1. The summed E-state index contributed by atoms with van der Waals surface area (Å²) in [6, 6.07) is 9.55. The van der Waals surface area contributed by atoms with Gasteiger partial charge in [-0.25, -0.2) is 14.4 Å². The Kier molecular flexibility index (Phi) is 7.38. The summed E-state index contributed by atoms with van der Waals surface area (Å²) in [4.78, 5) is 22.9. The maximum absolute atomic E-state index is 13.4. The number of hydrogen-bond acceptors (Lipinski definition) is 4. The molecule has 1 aliphatic rings. The molecule has 1 amide bonds. The minimum atomic E-state index is -0.376. The van der Waals surface area contributed by atoms with E-state index in [9.17, 15) is 9.18 Å². The highest BCUT2D eigenvalue weighted by molar-refractivity contribution is 5.86. The van der Waals surface area contributed by atoms with Gasteiger partial charge < -0.3 is 20.3 Å². The SMILES string of the molecule is CCNC(=NCc1cccnc1Oc1cccc(F)c1)NCC(=O)N1CCCC1. The molecule has 2 aromatic rings. The second-order valence-electron chi connectivity index (χ2n) is 6.66. The fraction of sp³-hybridized carbons (Fsp3) is 0.381. The summed E-state index contributed by atoms with van der Waals surface area (Å²) >= 11 is 0. The van der Waals surface area contributed by atoms with Gasteiger partial charge in [-0.3, -0.25) is 4.79 Å². The standard InChI is InChI=1S/C21H26FN5O2/c1-2-23-21(26-15-19(28)27-11-3-4-12-27)25-14-16-7-6-10-24-20(16)29-18-9-5-8-17(22)13-18/h5-10,13H,2-4,11-12,14-15H2,1H3,(H2,23,25,26). The molecular weight excluding hydrogens is 373 g/mol. The predicted molar refractivity (Wildman–Crippen MR) is 109 cm³/mol. The normalized spacial score (nSPS) is 14.0. The van der Waals surface area contributed by atoms with Gasteiger partial charge in [0.2, 0.25) is 11.8 Å². The lowest BCUT2D eigenvalue weighted by Crippen LogP contribution is -2.44. The zero-order chi connectivity index (χ0) is 20.5. The third-order valence-electron chi connectivity index (χ3n) is 4.48. The first-order chi connectivity index (χ1) is 14.2. The van der Waals surface area contributed by atoms with E-state index in [1.54, 1.807) is 24.4 Å². The van der Waals surface area contributed by atoms with Crippen molar-refractivity contribution in [3.8, 4) is 11.6 Å². The molecule has 0 bridgehead atoms.